The minimum Gasteiger partial charge on any atom is -0.466 e. The fraction of sp³-hybridized carbons (Fsp3) is 0.538. The Hall–Kier alpha value is -1.29. The molecule has 2 aromatic rings. The number of furan rings is 1. The Morgan fingerprint density at radius 2 is 1.94 bits per heavy atom. The third-order valence-electron chi connectivity index (χ3n) is 3.04. The zero-order chi connectivity index (χ0) is 13.3. The van der Waals surface area contributed by atoms with Gasteiger partial charge in [0.1, 0.15) is 11.5 Å². The first-order chi connectivity index (χ1) is 8.54. The van der Waals surface area contributed by atoms with Gasteiger partial charge in [0.2, 0.25) is 0 Å². The summed E-state index contributed by atoms with van der Waals surface area (Å²) in [6.07, 6.45) is 1.82. The lowest BCUT2D eigenvalue weighted by Gasteiger charge is -1.99. The van der Waals surface area contributed by atoms with Crippen LogP contribution in [0.15, 0.2) is 8.94 Å². The first kappa shape index (κ1) is 13.1. The molecule has 1 atom stereocenters. The van der Waals surface area contributed by atoms with Gasteiger partial charge in [0, 0.05) is 5.56 Å². The van der Waals surface area contributed by atoms with E-state index in [2.05, 4.69) is 17.1 Å². The van der Waals surface area contributed by atoms with Gasteiger partial charge in [-0.2, -0.15) is 4.98 Å². The fourth-order valence-electron chi connectivity index (χ4n) is 1.95. The van der Waals surface area contributed by atoms with Gasteiger partial charge in [0.05, 0.1) is 10.9 Å². The maximum absolute atomic E-state index is 6.18. The summed E-state index contributed by atoms with van der Waals surface area (Å²) < 4.78 is 10.8. The van der Waals surface area contributed by atoms with E-state index in [9.17, 15) is 0 Å². The van der Waals surface area contributed by atoms with E-state index in [0.717, 1.165) is 35.5 Å². The number of halogens is 1. The van der Waals surface area contributed by atoms with Crippen LogP contribution < -0.4 is 0 Å². The molecule has 0 aromatic carbocycles. The highest BCUT2D eigenvalue weighted by Gasteiger charge is 2.21. The van der Waals surface area contributed by atoms with Gasteiger partial charge in [-0.15, -0.1) is 11.6 Å². The predicted octanol–water partition coefficient (Wildman–Crippen LogP) is 4.33. The summed E-state index contributed by atoms with van der Waals surface area (Å²) >= 11 is 6.18. The molecule has 98 valence electrons. The topological polar surface area (TPSA) is 52.1 Å². The normalized spacial score (nSPS) is 12.9. The monoisotopic (exact) mass is 268 g/mol. The first-order valence-corrected chi connectivity index (χ1v) is 6.52. The molecule has 0 radical (unpaired) electrons. The molecular weight excluding hydrogens is 252 g/mol. The van der Waals surface area contributed by atoms with Crippen molar-refractivity contribution in [1.82, 2.24) is 10.1 Å². The first-order valence-electron chi connectivity index (χ1n) is 6.09. The lowest BCUT2D eigenvalue weighted by molar-refractivity contribution is 0.419. The number of hydrogen-bond acceptors (Lipinski definition) is 4. The molecule has 2 heterocycles. The highest BCUT2D eigenvalue weighted by molar-refractivity contribution is 6.20. The van der Waals surface area contributed by atoms with Crippen LogP contribution in [0.2, 0.25) is 0 Å². The van der Waals surface area contributed by atoms with E-state index in [-0.39, 0.29) is 5.38 Å². The molecule has 0 spiro atoms. The van der Waals surface area contributed by atoms with E-state index < -0.39 is 0 Å². The van der Waals surface area contributed by atoms with E-state index in [1.165, 1.54) is 0 Å². The van der Waals surface area contributed by atoms with Gasteiger partial charge in [-0.25, -0.2) is 0 Å². The molecule has 0 N–H and O–H groups in total. The Kier molecular flexibility index (Phi) is 3.76. The van der Waals surface area contributed by atoms with Crippen LogP contribution in [0.1, 0.15) is 48.1 Å². The number of rotatable bonds is 4. The van der Waals surface area contributed by atoms with Gasteiger partial charge >= 0.3 is 0 Å². The summed E-state index contributed by atoms with van der Waals surface area (Å²) in [4.78, 5) is 4.36. The third kappa shape index (κ3) is 2.29. The van der Waals surface area contributed by atoms with Crippen molar-refractivity contribution in [2.75, 3.05) is 0 Å². The van der Waals surface area contributed by atoms with Crippen molar-refractivity contribution < 1.29 is 8.94 Å². The van der Waals surface area contributed by atoms with Crippen LogP contribution in [0.4, 0.5) is 0 Å². The Morgan fingerprint density at radius 1 is 1.22 bits per heavy atom. The van der Waals surface area contributed by atoms with E-state index in [0.29, 0.717) is 11.7 Å². The van der Waals surface area contributed by atoms with Crippen LogP contribution in [0.5, 0.6) is 0 Å². The maximum atomic E-state index is 6.18. The molecule has 2 aromatic heterocycles. The van der Waals surface area contributed by atoms with E-state index in [1.54, 1.807) is 0 Å². The summed E-state index contributed by atoms with van der Waals surface area (Å²) in [5, 5.41) is 3.75. The molecule has 0 saturated carbocycles. The largest absolute Gasteiger partial charge is 0.466 e. The Balaban J connectivity index is 2.35. The molecule has 0 fully saturated rings. The molecule has 0 saturated heterocycles. The van der Waals surface area contributed by atoms with Gasteiger partial charge < -0.3 is 8.94 Å². The number of nitrogens with zero attached hydrogens (tertiary/aromatic N) is 2. The average Bonchev–Trinajstić information content (AvgIpc) is 2.86. The smallest absolute Gasteiger partial charge is 0.261 e. The van der Waals surface area contributed by atoms with Crippen LogP contribution in [0.25, 0.3) is 11.5 Å². The summed E-state index contributed by atoms with van der Waals surface area (Å²) in [7, 11) is 0. The Morgan fingerprint density at radius 3 is 2.50 bits per heavy atom. The quantitative estimate of drug-likeness (QED) is 0.774. The molecule has 18 heavy (non-hydrogen) atoms. The summed E-state index contributed by atoms with van der Waals surface area (Å²) in [6.45, 7) is 7.87. The molecule has 0 bridgehead atoms. The second kappa shape index (κ2) is 5.14. The van der Waals surface area contributed by atoms with Gasteiger partial charge in [-0.3, -0.25) is 0 Å². The summed E-state index contributed by atoms with van der Waals surface area (Å²) in [6, 6.07) is 0. The molecule has 4 nitrogen and oxygen atoms in total. The predicted molar refractivity (Wildman–Crippen MR) is 69.7 cm³/mol. The van der Waals surface area contributed by atoms with Crippen molar-refractivity contribution in [2.24, 2.45) is 0 Å². The lowest BCUT2D eigenvalue weighted by Crippen LogP contribution is -1.92. The fourth-order valence-corrected chi connectivity index (χ4v) is 2.26. The maximum Gasteiger partial charge on any atom is 0.261 e. The van der Waals surface area contributed by atoms with Crippen molar-refractivity contribution in [2.45, 2.75) is 45.9 Å². The second-order valence-electron chi connectivity index (χ2n) is 4.43. The number of hydrogen-bond donors (Lipinski definition) is 0. The molecule has 5 heteroatoms. The average molecular weight is 269 g/mol. The Bertz CT molecular complexity index is 545. The van der Waals surface area contributed by atoms with E-state index in [4.69, 9.17) is 20.5 Å². The van der Waals surface area contributed by atoms with Gasteiger partial charge in [-0.1, -0.05) is 18.5 Å². The molecule has 0 aliphatic heterocycles. The van der Waals surface area contributed by atoms with Crippen molar-refractivity contribution in [3.8, 4) is 11.5 Å². The van der Waals surface area contributed by atoms with Crippen LogP contribution in [-0.4, -0.2) is 10.1 Å². The molecular formula is C13H17ClN2O2. The van der Waals surface area contributed by atoms with Gasteiger partial charge in [0.15, 0.2) is 5.82 Å². The van der Waals surface area contributed by atoms with Crippen LogP contribution in [0, 0.1) is 20.8 Å². The molecule has 0 amide bonds. The zero-order valence-corrected chi connectivity index (χ0v) is 11.8. The summed E-state index contributed by atoms with van der Waals surface area (Å²) in [5.41, 5.74) is 1.91. The van der Waals surface area contributed by atoms with Gasteiger partial charge in [-0.05, 0) is 27.2 Å². The van der Waals surface area contributed by atoms with Crippen molar-refractivity contribution >= 4 is 11.6 Å². The van der Waals surface area contributed by atoms with Crippen LogP contribution in [0.3, 0.4) is 0 Å². The summed E-state index contributed by atoms with van der Waals surface area (Å²) in [5.74, 6) is 2.70. The minimum absolute atomic E-state index is 0.193. The molecule has 2 rings (SSSR count). The molecule has 0 aliphatic rings. The van der Waals surface area contributed by atoms with Gasteiger partial charge in [0.25, 0.3) is 5.89 Å². The Labute approximate surface area is 111 Å². The molecule has 1 unspecified atom stereocenters. The van der Waals surface area contributed by atoms with Crippen molar-refractivity contribution in [1.29, 1.82) is 0 Å². The van der Waals surface area contributed by atoms with Crippen LogP contribution in [-0.2, 0) is 0 Å². The third-order valence-corrected chi connectivity index (χ3v) is 3.45. The van der Waals surface area contributed by atoms with E-state index >= 15 is 0 Å². The molecule has 0 aliphatic carbocycles. The highest BCUT2D eigenvalue weighted by atomic mass is 35.5. The number of aryl methyl sites for hydroxylation is 2. The standard InChI is InChI=1S/C13H17ClN2O2/c1-5-6-10(14)12-15-13(18-16-12)11-7(2)8(3)17-9(11)4/h10H,5-6H2,1-4H3. The van der Waals surface area contributed by atoms with E-state index in [1.807, 2.05) is 20.8 Å². The lowest BCUT2D eigenvalue weighted by atomic mass is 10.1. The SMILES string of the molecule is CCCC(Cl)c1noc(-c2c(C)oc(C)c2C)n1. The second-order valence-corrected chi connectivity index (χ2v) is 4.96. The van der Waals surface area contributed by atoms with Crippen molar-refractivity contribution in [3.05, 3.63) is 22.9 Å². The number of alkyl halides is 1. The number of aromatic nitrogens is 2. The highest BCUT2D eigenvalue weighted by Crippen LogP contribution is 2.32. The van der Waals surface area contributed by atoms with Crippen molar-refractivity contribution in [3.63, 3.8) is 0 Å². The van der Waals surface area contributed by atoms with Crippen LogP contribution >= 0.6 is 11.6 Å². The minimum atomic E-state index is -0.193. The zero-order valence-electron chi connectivity index (χ0n) is 11.1.